The van der Waals surface area contributed by atoms with Crippen molar-refractivity contribution in [3.8, 4) is 22.3 Å². The Morgan fingerprint density at radius 3 is 2.14 bits per heavy atom. The molecule has 0 aliphatic heterocycles. The smallest absolute Gasteiger partial charge is 0.0619 e. The maximum Gasteiger partial charge on any atom is 0.0636 e. The van der Waals surface area contributed by atoms with Gasteiger partial charge in [0.1, 0.15) is 0 Å². The third kappa shape index (κ3) is 2.84. The standard InChI is InChI=1S/C37H26/c1-37(2)34-14-8-7-13-30(34)33-20-24-15-16-26(19-27(24)22-35(33)37)36-29-12-6-4-10-25(29)21-32-28-11-5-3-9-23(28)17-18-31(32)36/h3-22H,1-2H3/i1D3,2D3,3D,4D,5D,6D,7D,8D,9D,10D,11D,12D,13D,14D,15D,16D,17D,18D,19D,20D,21D,22D. The second-order valence-electron chi connectivity index (χ2n) is 8.50. The van der Waals surface area contributed by atoms with Crippen molar-refractivity contribution in [1.82, 2.24) is 0 Å². The quantitative estimate of drug-likeness (QED) is 0.157. The van der Waals surface area contributed by atoms with Crippen molar-refractivity contribution in [1.29, 1.82) is 0 Å². The minimum Gasteiger partial charge on any atom is -0.0619 e. The fourth-order valence-corrected chi connectivity index (χ4v) is 4.78. The van der Waals surface area contributed by atoms with Crippen LogP contribution < -0.4 is 0 Å². The van der Waals surface area contributed by atoms with Gasteiger partial charge in [-0.25, -0.2) is 0 Å². The predicted octanol–water partition coefficient (Wildman–Crippen LogP) is 10.3. The maximum absolute atomic E-state index is 9.73. The topological polar surface area (TPSA) is 0 Å². The van der Waals surface area contributed by atoms with Crippen LogP contribution in [0.2, 0.25) is 0 Å². The van der Waals surface area contributed by atoms with Gasteiger partial charge in [-0.05, 0) is 101 Å². The average Bonchev–Trinajstić information content (AvgIpc) is 3.56. The van der Waals surface area contributed by atoms with Gasteiger partial charge >= 0.3 is 0 Å². The second kappa shape index (κ2) is 7.31. The number of rotatable bonds is 1. The Labute approximate surface area is 253 Å². The van der Waals surface area contributed by atoms with Gasteiger partial charge in [0, 0.05) is 13.6 Å². The summed E-state index contributed by atoms with van der Waals surface area (Å²) in [4.78, 5) is 0. The van der Waals surface area contributed by atoms with Crippen LogP contribution >= 0.6 is 0 Å². The minimum atomic E-state index is -3.79. The summed E-state index contributed by atoms with van der Waals surface area (Å²) in [6, 6.07) is -18.9. The fraction of sp³-hybridized carbons (Fsp3) is 0.0811. The van der Waals surface area contributed by atoms with Gasteiger partial charge in [0.05, 0.1) is 27.4 Å². The molecule has 37 heavy (non-hydrogen) atoms. The van der Waals surface area contributed by atoms with E-state index in [0.29, 0.717) is 0 Å². The average molecular weight is 497 g/mol. The highest BCUT2D eigenvalue weighted by atomic mass is 14.4. The molecule has 1 aliphatic rings. The highest BCUT2D eigenvalue weighted by molar-refractivity contribution is 6.20. The van der Waals surface area contributed by atoms with Crippen molar-refractivity contribution in [2.24, 2.45) is 0 Å². The van der Waals surface area contributed by atoms with Gasteiger partial charge in [0.25, 0.3) is 0 Å². The van der Waals surface area contributed by atoms with Crippen molar-refractivity contribution in [2.45, 2.75) is 19.1 Å². The molecule has 0 aromatic heterocycles. The minimum absolute atomic E-state index is 0.548. The van der Waals surface area contributed by atoms with Crippen molar-refractivity contribution in [3.05, 3.63) is 132 Å². The molecule has 0 spiro atoms. The van der Waals surface area contributed by atoms with Gasteiger partial charge in [0.2, 0.25) is 0 Å². The molecule has 0 amide bonds. The Kier molecular flexibility index (Phi) is 1.49. The van der Waals surface area contributed by atoms with E-state index in [-0.39, 0.29) is 0 Å². The van der Waals surface area contributed by atoms with Gasteiger partial charge in [-0.15, -0.1) is 0 Å². The van der Waals surface area contributed by atoms with Gasteiger partial charge in [-0.3, -0.25) is 0 Å². The molecule has 174 valence electrons. The van der Waals surface area contributed by atoms with Crippen LogP contribution in [0.1, 0.15) is 60.5 Å². The molecule has 0 unspecified atom stereocenters. The summed E-state index contributed by atoms with van der Waals surface area (Å²) in [5.74, 6) is 0. The highest BCUT2D eigenvalue weighted by Crippen LogP contribution is 2.50. The summed E-state index contributed by atoms with van der Waals surface area (Å²) in [5.41, 5.74) is -8.65. The molecule has 0 N–H and O–H groups in total. The van der Waals surface area contributed by atoms with Crippen LogP contribution in [0.25, 0.3) is 65.3 Å². The van der Waals surface area contributed by atoms with E-state index in [0.717, 1.165) is 0 Å². The summed E-state index contributed by atoms with van der Waals surface area (Å²) in [6.07, 6.45) is 0. The molecular weight excluding hydrogens is 444 g/mol. The first-order valence-corrected chi connectivity index (χ1v) is 11.0. The van der Waals surface area contributed by atoms with E-state index < -0.39 is 216 Å². The zero-order valence-electron chi connectivity index (χ0n) is 44.5. The molecule has 0 nitrogen and oxygen atoms in total. The first kappa shape index (κ1) is 7.55. The van der Waals surface area contributed by atoms with E-state index in [1.807, 2.05) is 0 Å². The molecule has 0 heterocycles. The monoisotopic (exact) mass is 496 g/mol. The van der Waals surface area contributed by atoms with Crippen molar-refractivity contribution < 1.29 is 35.6 Å². The fourth-order valence-electron chi connectivity index (χ4n) is 4.78. The van der Waals surface area contributed by atoms with E-state index in [1.165, 1.54) is 0 Å². The first-order chi connectivity index (χ1) is 29.0. The second-order valence-corrected chi connectivity index (χ2v) is 8.50. The summed E-state index contributed by atoms with van der Waals surface area (Å²) in [7, 11) is 0. The van der Waals surface area contributed by atoms with Crippen LogP contribution in [0.4, 0.5) is 0 Å². The largest absolute Gasteiger partial charge is 0.0636 e. The van der Waals surface area contributed by atoms with Crippen molar-refractivity contribution >= 4 is 43.1 Å². The number of hydrogen-bond donors (Lipinski definition) is 0. The molecule has 8 rings (SSSR count). The third-order valence-corrected chi connectivity index (χ3v) is 6.44. The van der Waals surface area contributed by atoms with E-state index in [4.69, 9.17) is 26.0 Å². The molecule has 0 saturated heterocycles. The maximum atomic E-state index is 9.73. The van der Waals surface area contributed by atoms with Crippen LogP contribution in [-0.2, 0) is 5.41 Å². The van der Waals surface area contributed by atoms with Crippen LogP contribution in [0.5, 0.6) is 0 Å². The summed E-state index contributed by atoms with van der Waals surface area (Å²) >= 11 is 0. The van der Waals surface area contributed by atoms with Crippen LogP contribution in [0.15, 0.2) is 121 Å². The van der Waals surface area contributed by atoms with Gasteiger partial charge in [0.15, 0.2) is 0 Å². The van der Waals surface area contributed by atoms with Crippen LogP contribution in [0.3, 0.4) is 0 Å². The molecule has 7 aromatic carbocycles. The summed E-state index contributed by atoms with van der Waals surface area (Å²) in [5, 5.41) is -5.31. The van der Waals surface area contributed by atoms with Gasteiger partial charge in [-0.2, -0.15) is 0 Å². The summed E-state index contributed by atoms with van der Waals surface area (Å²) < 4.78 is 231. The number of fused-ring (bicyclic) bond motifs is 8. The first-order valence-electron chi connectivity index (χ1n) is 24.0. The molecular formula is C37H26. The van der Waals surface area contributed by atoms with E-state index in [9.17, 15) is 9.60 Å². The Morgan fingerprint density at radius 2 is 1.24 bits per heavy atom. The summed E-state index contributed by atoms with van der Waals surface area (Å²) in [6.45, 7) is -7.58. The predicted molar refractivity (Wildman–Crippen MR) is 159 cm³/mol. The SMILES string of the molecule is [2H]c1c([2H])c([2H])c2c(c1[2H])-c1c(c([2H])c3c([2H])c(-c4c5c([2H])c([2H])c([2H])c([2H])c5c([2H])c5c4c([2H])c([2H])c4c([2H])c([2H])c([2H])c([2H])c45)c([2H])c([2H])c3c1[2H])C2(C([2H])([2H])[2H])C([2H])([2H])[2H]. The Balaban J connectivity index is 1.74. The van der Waals surface area contributed by atoms with Gasteiger partial charge < -0.3 is 0 Å². The molecule has 0 bridgehead atoms. The van der Waals surface area contributed by atoms with Gasteiger partial charge in [-0.1, -0.05) is 110 Å². The van der Waals surface area contributed by atoms with Crippen molar-refractivity contribution in [3.63, 3.8) is 0 Å². The molecule has 0 fully saturated rings. The van der Waals surface area contributed by atoms with Crippen molar-refractivity contribution in [2.75, 3.05) is 0 Å². The lowest BCUT2D eigenvalue weighted by molar-refractivity contribution is 0.661. The van der Waals surface area contributed by atoms with E-state index >= 15 is 0 Å². The Morgan fingerprint density at radius 1 is 0.486 bits per heavy atom. The zero-order valence-corrected chi connectivity index (χ0v) is 18.5. The molecule has 1 aliphatic carbocycles. The highest BCUT2D eigenvalue weighted by Gasteiger charge is 2.35. The molecule has 0 heteroatoms. The van der Waals surface area contributed by atoms with Crippen LogP contribution in [-0.4, -0.2) is 0 Å². The zero-order chi connectivity index (χ0) is 47.1. The third-order valence-electron chi connectivity index (χ3n) is 6.44. The Bertz CT molecular complexity index is 3340. The van der Waals surface area contributed by atoms with E-state index in [2.05, 4.69) is 0 Å². The number of hydrogen-bond acceptors (Lipinski definition) is 0. The number of benzene rings is 7. The lowest BCUT2D eigenvalue weighted by atomic mass is 9.81. The Hall–Kier alpha value is -4.42. The lowest BCUT2D eigenvalue weighted by Gasteiger charge is -2.22. The normalized spacial score (nSPS) is 24.5. The van der Waals surface area contributed by atoms with Crippen LogP contribution in [0, 0.1) is 0 Å². The van der Waals surface area contributed by atoms with E-state index in [1.54, 1.807) is 0 Å². The molecule has 7 aromatic rings. The molecule has 0 saturated carbocycles. The molecule has 0 atom stereocenters. The molecule has 0 radical (unpaired) electrons. The lowest BCUT2D eigenvalue weighted by Crippen LogP contribution is -2.14.